The molecule has 0 aliphatic carbocycles. The van der Waals surface area contributed by atoms with Crippen molar-refractivity contribution < 1.29 is 33.8 Å². The molecule has 1 spiro atoms. The second-order valence-electron chi connectivity index (χ2n) is 13.9. The number of rotatable bonds is 16. The number of carbonyl (C=O) groups is 4. The molecule has 3 aliphatic rings. The lowest BCUT2D eigenvalue weighted by Crippen LogP contribution is -2.60. The van der Waals surface area contributed by atoms with Gasteiger partial charge in [-0.1, -0.05) is 89.6 Å². The molecule has 4 heterocycles. The van der Waals surface area contributed by atoms with Gasteiger partial charge in [-0.15, -0.1) is 18.3 Å². The molecule has 1 unspecified atom stereocenters. The number of ether oxygens (including phenoxy) is 2. The number of amides is 3. The van der Waals surface area contributed by atoms with Gasteiger partial charge >= 0.3 is 5.97 Å². The summed E-state index contributed by atoms with van der Waals surface area (Å²) < 4.78 is 14.5. The number of hydrogen-bond donors (Lipinski definition) is 2. The van der Waals surface area contributed by atoms with Crippen LogP contribution in [0.25, 0.3) is 11.0 Å². The maximum absolute atomic E-state index is 15.0. The number of aliphatic hydroxyl groups is 1. The zero-order valence-corrected chi connectivity index (χ0v) is 30.9. The van der Waals surface area contributed by atoms with Gasteiger partial charge in [0.05, 0.1) is 42.6 Å². The van der Waals surface area contributed by atoms with Crippen molar-refractivity contribution in [2.45, 2.75) is 74.5 Å². The molecule has 14 heteroatoms. The first-order chi connectivity index (χ1) is 25.1. The number of hydrogen-bond acceptors (Lipinski definition) is 9. The van der Waals surface area contributed by atoms with E-state index in [1.54, 1.807) is 29.0 Å². The second kappa shape index (κ2) is 15.7. The summed E-state index contributed by atoms with van der Waals surface area (Å²) in [5.74, 6) is -4.11. The van der Waals surface area contributed by atoms with E-state index in [0.717, 1.165) is 5.52 Å². The Bertz CT molecular complexity index is 1820. The van der Waals surface area contributed by atoms with E-state index in [4.69, 9.17) is 9.47 Å². The minimum Gasteiger partial charge on any atom is -0.455 e. The quantitative estimate of drug-likeness (QED) is 0.126. The third-order valence-corrected chi connectivity index (χ3v) is 11.3. The fraction of sp³-hybridized carbons (Fsp3) is 0.474. The molecular weight excluding hydrogens is 732 g/mol. The first-order valence-electron chi connectivity index (χ1n) is 17.6. The standard InChI is InChI=1S/C38H45BrN6O7/c1-5-7-17-30(47)40-20-29(24-13-9-8-10-14-24)51-37(50)31-32-35(48)45(28(21-46)23(3)4)34(38(32)19-25(39)33(31)52-38)36(49)43(18-6-2)22-44-27-16-12-11-15-26(27)41-42-44/h5-6,8-16,23,25,28-29,31-34,46H,1-2,7,17-22H2,3-4H3,(H,40,47)/t25?,28-,29+,31-,32+,33-,34-,38+/m0/s1. The molecule has 2 bridgehead atoms. The summed E-state index contributed by atoms with van der Waals surface area (Å²) >= 11 is 3.72. The molecule has 8 atom stereocenters. The highest BCUT2D eigenvalue weighted by Crippen LogP contribution is 2.61. The van der Waals surface area contributed by atoms with Crippen LogP contribution in [0.3, 0.4) is 0 Å². The number of allylic oxidation sites excluding steroid dienone is 1. The molecular formula is C38H45BrN6O7. The van der Waals surface area contributed by atoms with E-state index in [-0.39, 0.29) is 49.3 Å². The summed E-state index contributed by atoms with van der Waals surface area (Å²) in [5, 5.41) is 22.0. The topological polar surface area (TPSA) is 156 Å². The van der Waals surface area contributed by atoms with Crippen LogP contribution < -0.4 is 5.32 Å². The van der Waals surface area contributed by atoms with Crippen LogP contribution in [-0.2, 0) is 35.3 Å². The maximum atomic E-state index is 15.0. The number of fused-ring (bicyclic) bond motifs is 2. The van der Waals surface area contributed by atoms with Crippen LogP contribution in [0, 0.1) is 17.8 Å². The van der Waals surface area contributed by atoms with Crippen molar-refractivity contribution in [3.63, 3.8) is 0 Å². The first-order valence-corrected chi connectivity index (χ1v) is 18.5. The smallest absolute Gasteiger partial charge is 0.313 e. The Labute approximate surface area is 311 Å². The lowest BCUT2D eigenvalue weighted by atomic mass is 9.70. The van der Waals surface area contributed by atoms with E-state index in [0.29, 0.717) is 17.5 Å². The van der Waals surface area contributed by atoms with E-state index in [1.807, 2.05) is 56.3 Å². The van der Waals surface area contributed by atoms with Gasteiger partial charge in [-0.3, -0.25) is 19.2 Å². The minimum absolute atomic E-state index is 0.0139. The number of para-hydroxylation sites is 1. The Kier molecular flexibility index (Phi) is 11.3. The highest BCUT2D eigenvalue weighted by molar-refractivity contribution is 9.09. The number of alkyl halides is 1. The molecule has 6 rings (SSSR count). The number of esters is 1. The van der Waals surface area contributed by atoms with E-state index < -0.39 is 66.1 Å². The molecule has 276 valence electrons. The number of likely N-dealkylation sites (tertiary alicyclic amines) is 1. The van der Waals surface area contributed by atoms with Crippen molar-refractivity contribution in [1.82, 2.24) is 30.1 Å². The van der Waals surface area contributed by atoms with Crippen LogP contribution in [0.2, 0.25) is 0 Å². The van der Waals surface area contributed by atoms with E-state index in [2.05, 4.69) is 44.7 Å². The van der Waals surface area contributed by atoms with Crippen molar-refractivity contribution in [3.05, 3.63) is 85.5 Å². The summed E-state index contributed by atoms with van der Waals surface area (Å²) in [6.07, 6.45) is 2.65. The first kappa shape index (κ1) is 37.4. The van der Waals surface area contributed by atoms with Gasteiger partial charge in [0.25, 0.3) is 0 Å². The predicted octanol–water partition coefficient (Wildman–Crippen LogP) is 3.54. The highest BCUT2D eigenvalue weighted by atomic mass is 79.9. The predicted molar refractivity (Wildman–Crippen MR) is 195 cm³/mol. The van der Waals surface area contributed by atoms with Crippen molar-refractivity contribution in [2.24, 2.45) is 17.8 Å². The molecule has 2 aromatic carbocycles. The number of aromatic nitrogens is 3. The van der Waals surface area contributed by atoms with Crippen LogP contribution in [0.4, 0.5) is 0 Å². The fourth-order valence-corrected chi connectivity index (χ4v) is 8.91. The van der Waals surface area contributed by atoms with Gasteiger partial charge in [0.1, 0.15) is 29.9 Å². The molecule has 52 heavy (non-hydrogen) atoms. The Morgan fingerprint density at radius 3 is 2.58 bits per heavy atom. The Morgan fingerprint density at radius 2 is 1.88 bits per heavy atom. The molecule has 3 fully saturated rings. The van der Waals surface area contributed by atoms with Crippen LogP contribution in [0.1, 0.15) is 44.8 Å². The van der Waals surface area contributed by atoms with Gasteiger partial charge in [-0.05, 0) is 36.5 Å². The maximum Gasteiger partial charge on any atom is 0.313 e. The van der Waals surface area contributed by atoms with Crippen LogP contribution in [0.5, 0.6) is 0 Å². The van der Waals surface area contributed by atoms with Gasteiger partial charge in [-0.2, -0.15) is 0 Å². The monoisotopic (exact) mass is 776 g/mol. The van der Waals surface area contributed by atoms with Crippen molar-refractivity contribution >= 4 is 50.7 Å². The molecule has 3 aliphatic heterocycles. The number of nitrogens with zero attached hydrogens (tertiary/aromatic N) is 5. The molecule has 3 saturated heterocycles. The average Bonchev–Trinajstić information content (AvgIpc) is 3.86. The SMILES string of the molecule is C=CCCC(=O)NC[C@@H](OC(=O)[C@@H]1[C@H]2O[C@@]3(CC2Br)[C@H](C(=O)N(CC=C)Cn2nnc4ccccc42)N([C@@H](CO)C(C)C)C(=O)[C@@H]13)c1ccccc1. The van der Waals surface area contributed by atoms with Crippen LogP contribution >= 0.6 is 15.9 Å². The van der Waals surface area contributed by atoms with Gasteiger partial charge in [0.15, 0.2) is 0 Å². The van der Waals surface area contributed by atoms with Crippen molar-refractivity contribution in [3.8, 4) is 0 Å². The normalized spacial score (nSPS) is 25.9. The summed E-state index contributed by atoms with van der Waals surface area (Å²) in [4.78, 5) is 59.3. The zero-order valence-electron chi connectivity index (χ0n) is 29.3. The largest absolute Gasteiger partial charge is 0.455 e. The summed E-state index contributed by atoms with van der Waals surface area (Å²) in [7, 11) is 0. The number of nitrogens with one attached hydrogen (secondary N) is 1. The molecule has 3 aromatic rings. The zero-order chi connectivity index (χ0) is 37.2. The number of aliphatic hydroxyl groups excluding tert-OH is 1. The minimum atomic E-state index is -1.40. The summed E-state index contributed by atoms with van der Waals surface area (Å²) in [5.41, 5.74) is 0.657. The summed E-state index contributed by atoms with van der Waals surface area (Å²) in [6.45, 7) is 11.0. The molecule has 1 aromatic heterocycles. The molecule has 0 radical (unpaired) electrons. The molecule has 13 nitrogen and oxygen atoms in total. The van der Waals surface area contributed by atoms with Crippen molar-refractivity contribution in [2.75, 3.05) is 19.7 Å². The third-order valence-electron chi connectivity index (χ3n) is 10.4. The highest BCUT2D eigenvalue weighted by Gasteiger charge is 2.77. The fourth-order valence-electron chi connectivity index (χ4n) is 7.97. The lowest BCUT2D eigenvalue weighted by Gasteiger charge is -2.40. The van der Waals surface area contributed by atoms with Gasteiger partial charge in [0, 0.05) is 17.8 Å². The second-order valence-corrected chi connectivity index (χ2v) is 15.1. The summed E-state index contributed by atoms with van der Waals surface area (Å²) in [6, 6.07) is 14.6. The Hall–Kier alpha value is -4.40. The molecule has 0 saturated carbocycles. The Morgan fingerprint density at radius 1 is 1.15 bits per heavy atom. The number of carbonyl (C=O) groups excluding carboxylic acids is 4. The Balaban J connectivity index is 1.35. The number of benzene rings is 2. The van der Waals surface area contributed by atoms with Crippen molar-refractivity contribution in [1.29, 1.82) is 0 Å². The van der Waals surface area contributed by atoms with Crippen LogP contribution in [0.15, 0.2) is 79.9 Å². The van der Waals surface area contributed by atoms with E-state index >= 15 is 0 Å². The van der Waals surface area contributed by atoms with E-state index in [1.165, 1.54) is 9.80 Å². The van der Waals surface area contributed by atoms with Crippen LogP contribution in [-0.4, -0.2) is 102 Å². The van der Waals surface area contributed by atoms with Gasteiger partial charge in [-0.25, -0.2) is 4.68 Å². The number of halogens is 1. The average molecular weight is 778 g/mol. The third kappa shape index (κ3) is 6.79. The van der Waals surface area contributed by atoms with E-state index in [9.17, 15) is 24.3 Å². The van der Waals surface area contributed by atoms with Gasteiger partial charge < -0.3 is 29.7 Å². The molecule has 3 amide bonds. The molecule has 2 N–H and O–H groups in total. The van der Waals surface area contributed by atoms with Gasteiger partial charge in [0.2, 0.25) is 17.7 Å². The lowest BCUT2D eigenvalue weighted by molar-refractivity contribution is -0.161.